The minimum atomic E-state index is -0.172. The van der Waals surface area contributed by atoms with E-state index in [2.05, 4.69) is 59.4 Å². The van der Waals surface area contributed by atoms with Crippen molar-refractivity contribution >= 4 is 17.8 Å². The Hall–Kier alpha value is -2.60. The van der Waals surface area contributed by atoms with Crippen molar-refractivity contribution in [3.63, 3.8) is 0 Å². The van der Waals surface area contributed by atoms with E-state index >= 15 is 0 Å². The van der Waals surface area contributed by atoms with Crippen LogP contribution in [0.15, 0.2) is 23.3 Å². The summed E-state index contributed by atoms with van der Waals surface area (Å²) in [5, 5.41) is 7.37. The molecule has 1 aliphatic rings. The standard InChI is InChI=1S/C23H32N4O2/c1-15-9-16(2)23(17(3)10-15)24-13-22(28)26-25-12-20-11-18(4)27(19(20)5)14-21-7-6-8-29-21/h9-12,21,24H,6-8,13-14H2,1-5H3,(H,26,28)/b25-12-/t21-/m1/s1. The van der Waals surface area contributed by atoms with Crippen molar-refractivity contribution in [3.8, 4) is 0 Å². The summed E-state index contributed by atoms with van der Waals surface area (Å²) in [6, 6.07) is 6.31. The molecule has 1 fully saturated rings. The van der Waals surface area contributed by atoms with Gasteiger partial charge in [-0.25, -0.2) is 5.43 Å². The highest BCUT2D eigenvalue weighted by atomic mass is 16.5. The van der Waals surface area contributed by atoms with Crippen LogP contribution in [0.5, 0.6) is 0 Å². The van der Waals surface area contributed by atoms with Gasteiger partial charge < -0.3 is 14.6 Å². The minimum Gasteiger partial charge on any atom is -0.376 e. The van der Waals surface area contributed by atoms with Gasteiger partial charge in [0.25, 0.3) is 5.91 Å². The van der Waals surface area contributed by atoms with Crippen LogP contribution in [-0.2, 0) is 16.1 Å². The summed E-state index contributed by atoms with van der Waals surface area (Å²) in [6.45, 7) is 12.2. The number of rotatable bonds is 7. The molecule has 3 rings (SSSR count). The van der Waals surface area contributed by atoms with E-state index in [1.54, 1.807) is 6.21 Å². The molecule has 2 aromatic rings. The molecule has 1 amide bonds. The number of amides is 1. The number of ether oxygens (including phenoxy) is 1. The summed E-state index contributed by atoms with van der Waals surface area (Å²) < 4.78 is 8.02. The summed E-state index contributed by atoms with van der Waals surface area (Å²) in [5.74, 6) is -0.172. The lowest BCUT2D eigenvalue weighted by molar-refractivity contribution is -0.119. The topological polar surface area (TPSA) is 67.7 Å². The fraction of sp³-hybridized carbons (Fsp3) is 0.478. The molecule has 1 atom stereocenters. The Kier molecular flexibility index (Phi) is 6.75. The van der Waals surface area contributed by atoms with Crippen LogP contribution in [0.4, 0.5) is 5.69 Å². The van der Waals surface area contributed by atoms with Crippen LogP contribution in [-0.4, -0.2) is 35.9 Å². The molecule has 6 heteroatoms. The maximum absolute atomic E-state index is 12.2. The number of aromatic nitrogens is 1. The van der Waals surface area contributed by atoms with Gasteiger partial charge in [-0.2, -0.15) is 5.10 Å². The Morgan fingerprint density at radius 2 is 1.93 bits per heavy atom. The molecule has 0 unspecified atom stereocenters. The van der Waals surface area contributed by atoms with Crippen LogP contribution in [0.1, 0.15) is 46.5 Å². The van der Waals surface area contributed by atoms with E-state index in [0.717, 1.165) is 54.1 Å². The average Bonchev–Trinajstić information content (AvgIpc) is 3.25. The number of benzene rings is 1. The zero-order valence-corrected chi connectivity index (χ0v) is 18.1. The molecule has 0 radical (unpaired) electrons. The monoisotopic (exact) mass is 396 g/mol. The number of hydrogen-bond donors (Lipinski definition) is 2. The van der Waals surface area contributed by atoms with Crippen LogP contribution in [0.2, 0.25) is 0 Å². The van der Waals surface area contributed by atoms with Gasteiger partial charge in [-0.3, -0.25) is 4.79 Å². The Morgan fingerprint density at radius 3 is 2.59 bits per heavy atom. The molecule has 1 saturated heterocycles. The van der Waals surface area contributed by atoms with Crippen LogP contribution in [0.3, 0.4) is 0 Å². The van der Waals surface area contributed by atoms with E-state index in [4.69, 9.17) is 4.74 Å². The number of anilines is 1. The van der Waals surface area contributed by atoms with Crippen LogP contribution in [0, 0.1) is 34.6 Å². The molecule has 1 aromatic carbocycles. The SMILES string of the molecule is Cc1cc(C)c(NCC(=O)N/N=C\c2cc(C)n(C[C@H]3CCCO3)c2C)c(C)c1. The van der Waals surface area contributed by atoms with Gasteiger partial charge in [0.2, 0.25) is 0 Å². The molecule has 0 spiro atoms. The molecular formula is C23H32N4O2. The van der Waals surface area contributed by atoms with Crippen molar-refractivity contribution < 1.29 is 9.53 Å². The molecule has 0 bridgehead atoms. The first-order valence-corrected chi connectivity index (χ1v) is 10.3. The fourth-order valence-electron chi connectivity index (χ4n) is 4.07. The van der Waals surface area contributed by atoms with Gasteiger partial charge in [0.1, 0.15) is 0 Å². The molecule has 156 valence electrons. The van der Waals surface area contributed by atoms with Crippen molar-refractivity contribution in [2.45, 2.75) is 60.1 Å². The van der Waals surface area contributed by atoms with E-state index in [0.29, 0.717) is 6.10 Å². The summed E-state index contributed by atoms with van der Waals surface area (Å²) in [7, 11) is 0. The van der Waals surface area contributed by atoms with Crippen LogP contribution >= 0.6 is 0 Å². The maximum atomic E-state index is 12.2. The van der Waals surface area contributed by atoms with E-state index in [-0.39, 0.29) is 12.5 Å². The third-order valence-corrected chi connectivity index (χ3v) is 5.52. The molecule has 2 heterocycles. The summed E-state index contributed by atoms with van der Waals surface area (Å²) in [6.07, 6.45) is 4.27. The number of nitrogens with one attached hydrogen (secondary N) is 2. The van der Waals surface area contributed by atoms with Gasteiger partial charge in [-0.05, 0) is 64.7 Å². The Labute approximate surface area is 173 Å². The molecule has 29 heavy (non-hydrogen) atoms. The number of nitrogens with zero attached hydrogens (tertiary/aromatic N) is 2. The third kappa shape index (κ3) is 5.26. The van der Waals surface area contributed by atoms with Gasteiger partial charge in [0.15, 0.2) is 0 Å². The van der Waals surface area contributed by atoms with E-state index < -0.39 is 0 Å². The van der Waals surface area contributed by atoms with E-state index in [9.17, 15) is 4.79 Å². The van der Waals surface area contributed by atoms with Crippen molar-refractivity contribution in [2.75, 3.05) is 18.5 Å². The van der Waals surface area contributed by atoms with E-state index in [1.165, 1.54) is 11.3 Å². The Morgan fingerprint density at radius 1 is 1.21 bits per heavy atom. The lowest BCUT2D eigenvalue weighted by Crippen LogP contribution is -2.26. The first-order chi connectivity index (χ1) is 13.8. The molecule has 1 aliphatic heterocycles. The van der Waals surface area contributed by atoms with Crippen LogP contribution in [0.25, 0.3) is 0 Å². The highest BCUT2D eigenvalue weighted by Crippen LogP contribution is 2.21. The summed E-state index contributed by atoms with van der Waals surface area (Å²) >= 11 is 0. The number of hydrazone groups is 1. The lowest BCUT2D eigenvalue weighted by atomic mass is 10.1. The lowest BCUT2D eigenvalue weighted by Gasteiger charge is -2.14. The average molecular weight is 397 g/mol. The number of carbonyl (C=O) groups excluding carboxylic acids is 1. The maximum Gasteiger partial charge on any atom is 0.259 e. The quantitative estimate of drug-likeness (QED) is 0.553. The van der Waals surface area contributed by atoms with Gasteiger partial charge in [-0.15, -0.1) is 0 Å². The smallest absolute Gasteiger partial charge is 0.259 e. The van der Waals surface area contributed by atoms with Gasteiger partial charge in [0.05, 0.1) is 18.9 Å². The number of aryl methyl sites for hydroxylation is 4. The highest BCUT2D eigenvalue weighted by Gasteiger charge is 2.18. The molecule has 1 aromatic heterocycles. The zero-order chi connectivity index (χ0) is 21.0. The van der Waals surface area contributed by atoms with Crippen molar-refractivity contribution in [3.05, 3.63) is 51.8 Å². The van der Waals surface area contributed by atoms with Crippen molar-refractivity contribution in [1.29, 1.82) is 0 Å². The van der Waals surface area contributed by atoms with Crippen molar-refractivity contribution in [2.24, 2.45) is 5.10 Å². The zero-order valence-electron chi connectivity index (χ0n) is 18.1. The van der Waals surface area contributed by atoms with Gasteiger partial charge >= 0.3 is 0 Å². The second kappa shape index (κ2) is 9.27. The summed E-state index contributed by atoms with van der Waals surface area (Å²) in [5.41, 5.74) is 10.4. The first kappa shape index (κ1) is 21.1. The van der Waals surface area contributed by atoms with Crippen molar-refractivity contribution in [1.82, 2.24) is 9.99 Å². The molecule has 6 nitrogen and oxygen atoms in total. The predicted octanol–water partition coefficient (Wildman–Crippen LogP) is 3.77. The highest BCUT2D eigenvalue weighted by molar-refractivity contribution is 5.85. The molecule has 0 aliphatic carbocycles. The first-order valence-electron chi connectivity index (χ1n) is 10.3. The Balaban J connectivity index is 1.55. The normalized spacial score (nSPS) is 16.5. The fourth-order valence-corrected chi connectivity index (χ4v) is 4.07. The Bertz CT molecular complexity index is 885. The molecular weight excluding hydrogens is 364 g/mol. The van der Waals surface area contributed by atoms with Crippen LogP contribution < -0.4 is 10.7 Å². The molecule has 2 N–H and O–H groups in total. The predicted molar refractivity (Wildman–Crippen MR) is 118 cm³/mol. The largest absolute Gasteiger partial charge is 0.376 e. The van der Waals surface area contributed by atoms with Gasteiger partial charge in [-0.1, -0.05) is 17.7 Å². The second-order valence-corrected chi connectivity index (χ2v) is 7.99. The van der Waals surface area contributed by atoms with E-state index in [1.807, 2.05) is 13.8 Å². The van der Waals surface area contributed by atoms with Gasteiger partial charge in [0, 0.05) is 35.8 Å². The number of hydrogen-bond acceptors (Lipinski definition) is 4. The minimum absolute atomic E-state index is 0.172. The number of carbonyl (C=O) groups is 1. The summed E-state index contributed by atoms with van der Waals surface area (Å²) in [4.78, 5) is 12.2. The molecule has 0 saturated carbocycles. The second-order valence-electron chi connectivity index (χ2n) is 7.99. The third-order valence-electron chi connectivity index (χ3n) is 5.52.